The predicted molar refractivity (Wildman–Crippen MR) is 75.2 cm³/mol. The normalized spacial score (nSPS) is 23.9. The predicted octanol–water partition coefficient (Wildman–Crippen LogP) is 4.93. The van der Waals surface area contributed by atoms with Crippen LogP contribution in [0.3, 0.4) is 0 Å². The van der Waals surface area contributed by atoms with E-state index in [1.165, 1.54) is 37.7 Å². The second-order valence-corrected chi connectivity index (χ2v) is 5.31. The Labute approximate surface area is 106 Å². The van der Waals surface area contributed by atoms with Crippen molar-refractivity contribution in [1.29, 1.82) is 0 Å². The molecule has 1 aliphatic carbocycles. The quantitative estimate of drug-likeness (QED) is 0.641. The third-order valence-electron chi connectivity index (χ3n) is 4.26. The highest BCUT2D eigenvalue weighted by Crippen LogP contribution is 2.38. The molecule has 1 unspecified atom stereocenters. The van der Waals surface area contributed by atoms with Crippen molar-refractivity contribution in [2.45, 2.75) is 52.4 Å². The molecule has 0 nitrogen and oxygen atoms in total. The van der Waals surface area contributed by atoms with Crippen molar-refractivity contribution in [1.82, 2.24) is 0 Å². The summed E-state index contributed by atoms with van der Waals surface area (Å²) < 4.78 is 0. The zero-order chi connectivity index (χ0) is 12.1. The summed E-state index contributed by atoms with van der Waals surface area (Å²) >= 11 is 0. The van der Waals surface area contributed by atoms with Gasteiger partial charge in [0, 0.05) is 0 Å². The monoisotopic (exact) mass is 228 g/mol. The molecule has 92 valence electrons. The third-order valence-corrected chi connectivity index (χ3v) is 4.26. The van der Waals surface area contributed by atoms with E-state index < -0.39 is 0 Å². The zero-order valence-electron chi connectivity index (χ0n) is 11.2. The van der Waals surface area contributed by atoms with Gasteiger partial charge in [-0.3, -0.25) is 0 Å². The molecule has 0 aliphatic heterocycles. The summed E-state index contributed by atoms with van der Waals surface area (Å²) in [5, 5.41) is 0. The molecule has 1 aromatic carbocycles. The Morgan fingerprint density at radius 3 is 2.47 bits per heavy atom. The van der Waals surface area contributed by atoms with Crippen LogP contribution >= 0.6 is 0 Å². The van der Waals surface area contributed by atoms with Gasteiger partial charge in [-0.05, 0) is 55.1 Å². The Bertz CT molecular complexity index is 389. The van der Waals surface area contributed by atoms with E-state index in [4.69, 9.17) is 0 Å². The Morgan fingerprint density at radius 1 is 1.12 bits per heavy atom. The number of hydrogen-bond acceptors (Lipinski definition) is 0. The molecule has 1 atom stereocenters. The molecule has 17 heavy (non-hydrogen) atoms. The lowest BCUT2D eigenvalue weighted by Crippen LogP contribution is -2.23. The molecular weight excluding hydrogens is 204 g/mol. The van der Waals surface area contributed by atoms with Crippen molar-refractivity contribution in [2.75, 3.05) is 0 Å². The van der Waals surface area contributed by atoms with E-state index in [2.05, 4.69) is 50.3 Å². The summed E-state index contributed by atoms with van der Waals surface area (Å²) in [5.74, 6) is 0. The Balaban J connectivity index is 2.23. The van der Waals surface area contributed by atoms with E-state index in [1.54, 1.807) is 5.56 Å². The van der Waals surface area contributed by atoms with E-state index in [0.29, 0.717) is 5.41 Å². The van der Waals surface area contributed by atoms with Gasteiger partial charge in [-0.15, -0.1) is 0 Å². The van der Waals surface area contributed by atoms with Crippen LogP contribution in [0.1, 0.15) is 50.7 Å². The molecule has 0 amide bonds. The lowest BCUT2D eigenvalue weighted by molar-refractivity contribution is 0.312. The van der Waals surface area contributed by atoms with E-state index in [0.717, 1.165) is 6.42 Å². The average Bonchev–Trinajstić information content (AvgIpc) is 2.40. The van der Waals surface area contributed by atoms with Crippen LogP contribution in [0, 0.1) is 5.41 Å². The molecule has 0 saturated carbocycles. The summed E-state index contributed by atoms with van der Waals surface area (Å²) in [5.41, 5.74) is 3.52. The Morgan fingerprint density at radius 2 is 1.88 bits per heavy atom. The van der Waals surface area contributed by atoms with Gasteiger partial charge >= 0.3 is 0 Å². The number of benzene rings is 1. The fraction of sp³-hybridized carbons (Fsp3) is 0.529. The maximum atomic E-state index is 2.49. The van der Waals surface area contributed by atoms with Gasteiger partial charge in [0.25, 0.3) is 0 Å². The molecule has 0 aromatic heterocycles. The minimum Gasteiger partial charge on any atom is -0.0880 e. The third kappa shape index (κ3) is 2.80. The van der Waals surface area contributed by atoms with Crippen LogP contribution < -0.4 is 0 Å². The first kappa shape index (κ1) is 12.4. The van der Waals surface area contributed by atoms with E-state index in [9.17, 15) is 0 Å². The van der Waals surface area contributed by atoms with Gasteiger partial charge < -0.3 is 0 Å². The van der Waals surface area contributed by atoms with E-state index in [-0.39, 0.29) is 0 Å². The van der Waals surface area contributed by atoms with Crippen molar-refractivity contribution in [3.63, 3.8) is 0 Å². The van der Waals surface area contributed by atoms with Gasteiger partial charge in [-0.1, -0.05) is 50.3 Å². The topological polar surface area (TPSA) is 0 Å². The second-order valence-electron chi connectivity index (χ2n) is 5.31. The van der Waals surface area contributed by atoms with E-state index in [1.807, 2.05) is 0 Å². The fourth-order valence-corrected chi connectivity index (χ4v) is 3.01. The highest BCUT2D eigenvalue weighted by Gasteiger charge is 2.27. The molecule has 0 fully saturated rings. The van der Waals surface area contributed by atoms with Crippen molar-refractivity contribution >= 4 is 0 Å². The van der Waals surface area contributed by atoms with Crippen molar-refractivity contribution < 1.29 is 0 Å². The highest BCUT2D eigenvalue weighted by molar-refractivity contribution is 5.29. The number of allylic oxidation sites excluding steroid dienone is 2. The summed E-state index contributed by atoms with van der Waals surface area (Å²) in [6, 6.07) is 8.95. The molecule has 0 spiro atoms. The van der Waals surface area contributed by atoms with Gasteiger partial charge in [-0.2, -0.15) is 0 Å². The minimum atomic E-state index is 0.434. The Kier molecular flexibility index (Phi) is 4.04. The second kappa shape index (κ2) is 5.53. The van der Waals surface area contributed by atoms with Crippen LogP contribution in [0.4, 0.5) is 0 Å². The van der Waals surface area contributed by atoms with Gasteiger partial charge in [0.1, 0.15) is 0 Å². The number of rotatable bonds is 4. The van der Waals surface area contributed by atoms with Crippen molar-refractivity contribution in [2.24, 2.45) is 5.41 Å². The van der Waals surface area contributed by atoms with Crippen LogP contribution in [0.5, 0.6) is 0 Å². The molecule has 0 saturated heterocycles. The molecule has 0 heteroatoms. The summed E-state index contributed by atoms with van der Waals surface area (Å²) in [6.07, 6.45) is 12.5. The minimum absolute atomic E-state index is 0.434. The molecule has 2 rings (SSSR count). The average molecular weight is 228 g/mol. The van der Waals surface area contributed by atoms with Crippen LogP contribution in [0.2, 0.25) is 0 Å². The SMILES string of the molecule is CCc1ccccc1CC1(CC)C=CCCC1. The smallest absolute Gasteiger partial charge is 0.00803 e. The van der Waals surface area contributed by atoms with Crippen molar-refractivity contribution in [3.8, 4) is 0 Å². The van der Waals surface area contributed by atoms with Crippen LogP contribution in [-0.4, -0.2) is 0 Å². The molecule has 1 aromatic rings. The molecular formula is C17H24. The lowest BCUT2D eigenvalue weighted by atomic mass is 9.72. The van der Waals surface area contributed by atoms with Crippen LogP contribution in [-0.2, 0) is 12.8 Å². The highest BCUT2D eigenvalue weighted by atomic mass is 14.3. The van der Waals surface area contributed by atoms with Gasteiger partial charge in [0.15, 0.2) is 0 Å². The molecule has 0 heterocycles. The number of aryl methyl sites for hydroxylation is 1. The summed E-state index contributed by atoms with van der Waals surface area (Å²) in [7, 11) is 0. The molecule has 0 radical (unpaired) electrons. The lowest BCUT2D eigenvalue weighted by Gasteiger charge is -2.33. The first-order valence-electron chi connectivity index (χ1n) is 7.04. The van der Waals surface area contributed by atoms with Gasteiger partial charge in [0.2, 0.25) is 0 Å². The molecule has 1 aliphatic rings. The number of hydrogen-bond donors (Lipinski definition) is 0. The first-order valence-corrected chi connectivity index (χ1v) is 7.04. The van der Waals surface area contributed by atoms with Crippen LogP contribution in [0.15, 0.2) is 36.4 Å². The van der Waals surface area contributed by atoms with Gasteiger partial charge in [0.05, 0.1) is 0 Å². The zero-order valence-corrected chi connectivity index (χ0v) is 11.2. The van der Waals surface area contributed by atoms with E-state index >= 15 is 0 Å². The summed E-state index contributed by atoms with van der Waals surface area (Å²) in [6.45, 7) is 4.60. The molecule has 0 bridgehead atoms. The Hall–Kier alpha value is -1.04. The maximum Gasteiger partial charge on any atom is -0.00803 e. The molecule has 0 N–H and O–H groups in total. The van der Waals surface area contributed by atoms with Crippen LogP contribution in [0.25, 0.3) is 0 Å². The maximum absolute atomic E-state index is 2.49. The standard InChI is InChI=1S/C17H24/c1-3-15-10-6-7-11-16(15)14-17(4-2)12-8-5-9-13-17/h6-8,10-12H,3-5,9,13-14H2,1-2H3. The summed E-state index contributed by atoms with van der Waals surface area (Å²) in [4.78, 5) is 0. The fourth-order valence-electron chi connectivity index (χ4n) is 3.01. The first-order chi connectivity index (χ1) is 8.29. The largest absolute Gasteiger partial charge is 0.0880 e. The van der Waals surface area contributed by atoms with Crippen molar-refractivity contribution in [3.05, 3.63) is 47.5 Å². The van der Waals surface area contributed by atoms with Gasteiger partial charge in [-0.25, -0.2) is 0 Å².